The first kappa shape index (κ1) is 27.3. The fourth-order valence-electron chi connectivity index (χ4n) is 4.62. The quantitative estimate of drug-likeness (QED) is 0.154. The number of halogens is 1. The van der Waals surface area contributed by atoms with Crippen molar-refractivity contribution in [1.82, 2.24) is 4.98 Å². The largest absolute Gasteiger partial charge is 0.507 e. The molecule has 0 spiro atoms. The number of aliphatic hydroxyl groups is 1. The fourth-order valence-corrected chi connectivity index (χ4v) is 5.77. The lowest BCUT2D eigenvalue weighted by atomic mass is 9.95. The Hall–Kier alpha value is -4.28. The monoisotopic (exact) mass is 580 g/mol. The van der Waals surface area contributed by atoms with E-state index in [1.807, 2.05) is 13.0 Å². The number of hydrogen-bond acceptors (Lipinski definition) is 9. The maximum absolute atomic E-state index is 13.6. The van der Waals surface area contributed by atoms with Gasteiger partial charge in [0.2, 0.25) is 5.75 Å². The Balaban J connectivity index is 1.75. The van der Waals surface area contributed by atoms with Crippen LogP contribution in [0.1, 0.15) is 24.1 Å². The molecule has 1 amide bonds. The molecule has 0 unspecified atom stereocenters. The molecule has 0 aliphatic carbocycles. The smallest absolute Gasteiger partial charge is 0.301 e. The average molecular weight is 581 g/mol. The van der Waals surface area contributed by atoms with E-state index in [0.29, 0.717) is 51.3 Å². The van der Waals surface area contributed by atoms with E-state index < -0.39 is 17.7 Å². The molecule has 1 N–H and O–H groups in total. The molecule has 0 saturated carbocycles. The van der Waals surface area contributed by atoms with E-state index in [0.717, 1.165) is 4.70 Å². The van der Waals surface area contributed by atoms with E-state index >= 15 is 0 Å². The summed E-state index contributed by atoms with van der Waals surface area (Å²) in [4.78, 5) is 33.2. The zero-order valence-corrected chi connectivity index (χ0v) is 23.6. The number of aliphatic hydroxyl groups excluding tert-OH is 1. The van der Waals surface area contributed by atoms with Gasteiger partial charge >= 0.3 is 5.91 Å². The van der Waals surface area contributed by atoms with Crippen LogP contribution < -0.4 is 23.8 Å². The van der Waals surface area contributed by atoms with Gasteiger partial charge in [0.1, 0.15) is 11.5 Å². The summed E-state index contributed by atoms with van der Waals surface area (Å²) in [7, 11) is 4.41. The van der Waals surface area contributed by atoms with Gasteiger partial charge in [-0.1, -0.05) is 22.9 Å². The van der Waals surface area contributed by atoms with Crippen LogP contribution in [-0.4, -0.2) is 49.7 Å². The van der Waals surface area contributed by atoms with Gasteiger partial charge in [-0.15, -0.1) is 0 Å². The number of ketones is 1. The van der Waals surface area contributed by atoms with E-state index in [2.05, 4.69) is 4.98 Å². The Morgan fingerprint density at radius 3 is 2.27 bits per heavy atom. The molecule has 40 heavy (non-hydrogen) atoms. The summed E-state index contributed by atoms with van der Waals surface area (Å²) in [6, 6.07) is 14.0. The number of thiazole rings is 1. The number of benzene rings is 3. The van der Waals surface area contributed by atoms with Crippen molar-refractivity contribution in [2.24, 2.45) is 0 Å². The SMILES string of the molecule is CCOc1ccc2nc(N3C(=O)C(=O)/C(=C(/O)c4ccc(Cl)cc4)[C@H]3c3cc(OC)c(OC)c(OC)c3)sc2c1. The second-order valence-corrected chi connectivity index (χ2v) is 10.1. The molecule has 11 heteroatoms. The van der Waals surface area contributed by atoms with E-state index in [4.69, 9.17) is 30.5 Å². The Morgan fingerprint density at radius 1 is 1.00 bits per heavy atom. The van der Waals surface area contributed by atoms with Crippen molar-refractivity contribution in [2.75, 3.05) is 32.8 Å². The summed E-state index contributed by atoms with van der Waals surface area (Å²) in [6.07, 6.45) is 0. The summed E-state index contributed by atoms with van der Waals surface area (Å²) in [5.41, 5.74) is 1.28. The van der Waals surface area contributed by atoms with Crippen LogP contribution in [0.25, 0.3) is 16.0 Å². The van der Waals surface area contributed by atoms with Crippen molar-refractivity contribution in [1.29, 1.82) is 0 Å². The molecule has 4 aromatic rings. The van der Waals surface area contributed by atoms with Gasteiger partial charge in [0, 0.05) is 10.6 Å². The third kappa shape index (κ3) is 4.69. The number of nitrogens with zero attached hydrogens (tertiary/aromatic N) is 2. The van der Waals surface area contributed by atoms with Crippen LogP contribution >= 0.6 is 22.9 Å². The third-order valence-electron chi connectivity index (χ3n) is 6.43. The molecular formula is C29H25ClN2O7S. The standard InChI is InChI=1S/C29H25ClN2O7S/c1-5-39-18-10-11-19-22(14-18)40-29(31-19)32-24(16-12-20(36-2)27(38-4)21(13-16)37-3)23(26(34)28(32)35)25(33)15-6-8-17(30)9-7-15/h6-14,24,33H,5H2,1-4H3/b25-23+/t24-/m1/s1. The third-order valence-corrected chi connectivity index (χ3v) is 7.70. The van der Waals surface area contributed by atoms with E-state index in [1.54, 1.807) is 48.5 Å². The van der Waals surface area contributed by atoms with Gasteiger partial charge < -0.3 is 24.1 Å². The highest BCUT2D eigenvalue weighted by atomic mass is 35.5. The van der Waals surface area contributed by atoms with Crippen LogP contribution in [0.4, 0.5) is 5.13 Å². The van der Waals surface area contributed by atoms with Gasteiger partial charge in [0.25, 0.3) is 5.78 Å². The molecule has 206 valence electrons. The highest BCUT2D eigenvalue weighted by molar-refractivity contribution is 7.22. The van der Waals surface area contributed by atoms with Crippen molar-refractivity contribution in [3.05, 3.63) is 76.3 Å². The topological polar surface area (TPSA) is 107 Å². The predicted molar refractivity (Wildman–Crippen MR) is 153 cm³/mol. The van der Waals surface area contributed by atoms with Gasteiger partial charge in [-0.05, 0) is 67.1 Å². The molecule has 9 nitrogen and oxygen atoms in total. The molecule has 1 aliphatic heterocycles. The van der Waals surface area contributed by atoms with Crippen molar-refractivity contribution in [2.45, 2.75) is 13.0 Å². The van der Waals surface area contributed by atoms with Gasteiger partial charge in [-0.3, -0.25) is 14.5 Å². The molecule has 1 atom stereocenters. The van der Waals surface area contributed by atoms with Crippen molar-refractivity contribution < 1.29 is 33.6 Å². The second-order valence-electron chi connectivity index (χ2n) is 8.69. The van der Waals surface area contributed by atoms with Gasteiger partial charge in [0.05, 0.1) is 49.8 Å². The van der Waals surface area contributed by atoms with E-state index in [1.165, 1.54) is 37.6 Å². The number of amides is 1. The molecule has 1 saturated heterocycles. The summed E-state index contributed by atoms with van der Waals surface area (Å²) < 4.78 is 22.9. The summed E-state index contributed by atoms with van der Waals surface area (Å²) in [6.45, 7) is 2.39. The minimum absolute atomic E-state index is 0.115. The lowest BCUT2D eigenvalue weighted by molar-refractivity contribution is -0.132. The lowest BCUT2D eigenvalue weighted by Crippen LogP contribution is -2.29. The fraction of sp³-hybridized carbons (Fsp3) is 0.207. The Labute approximate surface area is 239 Å². The maximum Gasteiger partial charge on any atom is 0.301 e. The normalized spacial score (nSPS) is 16.4. The number of methoxy groups -OCH3 is 3. The summed E-state index contributed by atoms with van der Waals surface area (Å²) in [5, 5.41) is 12.1. The number of carbonyl (C=O) groups is 2. The molecule has 1 aliphatic rings. The molecule has 2 heterocycles. The zero-order chi connectivity index (χ0) is 28.6. The lowest BCUT2D eigenvalue weighted by Gasteiger charge is -2.24. The molecule has 1 aromatic heterocycles. The number of carbonyl (C=O) groups excluding carboxylic acids is 2. The van der Waals surface area contributed by atoms with Crippen molar-refractivity contribution >= 4 is 55.7 Å². The highest BCUT2D eigenvalue weighted by Crippen LogP contribution is 2.48. The Bertz CT molecular complexity index is 1620. The molecule has 0 bridgehead atoms. The van der Waals surface area contributed by atoms with E-state index in [-0.39, 0.29) is 16.5 Å². The van der Waals surface area contributed by atoms with Crippen LogP contribution in [-0.2, 0) is 9.59 Å². The van der Waals surface area contributed by atoms with Gasteiger partial charge in [-0.25, -0.2) is 4.98 Å². The predicted octanol–water partition coefficient (Wildman–Crippen LogP) is 6.00. The molecular weight excluding hydrogens is 556 g/mol. The second kappa shape index (κ2) is 11.1. The maximum atomic E-state index is 13.6. The summed E-state index contributed by atoms with van der Waals surface area (Å²) in [5.74, 6) is -0.406. The minimum atomic E-state index is -1.06. The highest BCUT2D eigenvalue weighted by Gasteiger charge is 2.48. The molecule has 5 rings (SSSR count). The van der Waals surface area contributed by atoms with Gasteiger partial charge in [0.15, 0.2) is 16.6 Å². The molecule has 0 radical (unpaired) electrons. The number of hydrogen-bond donors (Lipinski definition) is 1. The van der Waals surface area contributed by atoms with Gasteiger partial charge in [-0.2, -0.15) is 0 Å². The molecule has 1 fully saturated rings. The zero-order valence-electron chi connectivity index (χ0n) is 22.1. The van der Waals surface area contributed by atoms with Crippen LogP contribution in [0.5, 0.6) is 23.0 Å². The first-order valence-corrected chi connectivity index (χ1v) is 13.4. The number of anilines is 1. The van der Waals surface area contributed by atoms with Crippen LogP contribution in [0.2, 0.25) is 5.02 Å². The number of Topliss-reactive ketones (excluding diaryl/α,β-unsaturated/α-hetero) is 1. The number of rotatable bonds is 8. The van der Waals surface area contributed by atoms with E-state index in [9.17, 15) is 14.7 Å². The first-order valence-electron chi connectivity index (χ1n) is 12.2. The number of aromatic nitrogens is 1. The Kier molecular flexibility index (Phi) is 7.55. The van der Waals surface area contributed by atoms with Crippen LogP contribution in [0.3, 0.4) is 0 Å². The first-order chi connectivity index (χ1) is 19.3. The van der Waals surface area contributed by atoms with Crippen LogP contribution in [0, 0.1) is 0 Å². The average Bonchev–Trinajstić information content (AvgIpc) is 3.49. The summed E-state index contributed by atoms with van der Waals surface area (Å²) >= 11 is 7.27. The number of ether oxygens (including phenoxy) is 4. The number of fused-ring (bicyclic) bond motifs is 1. The van der Waals surface area contributed by atoms with Crippen molar-refractivity contribution in [3.63, 3.8) is 0 Å². The van der Waals surface area contributed by atoms with Crippen molar-refractivity contribution in [3.8, 4) is 23.0 Å². The molecule has 3 aromatic carbocycles. The Morgan fingerprint density at radius 2 is 1.68 bits per heavy atom. The van der Waals surface area contributed by atoms with Crippen LogP contribution in [0.15, 0.2) is 60.2 Å². The minimum Gasteiger partial charge on any atom is -0.507 e.